The molecule has 0 bridgehead atoms. The molecular formula is C21H24O4. The Bertz CT molecular complexity index is 747. The zero-order valence-electron chi connectivity index (χ0n) is 14.9. The van der Waals surface area contributed by atoms with E-state index in [0.717, 1.165) is 18.4 Å². The number of rotatable bonds is 8. The molecule has 0 saturated heterocycles. The van der Waals surface area contributed by atoms with Crippen LogP contribution in [0.25, 0.3) is 0 Å². The fraction of sp³-hybridized carbons (Fsp3) is 0.333. The van der Waals surface area contributed by atoms with Crippen LogP contribution in [-0.2, 0) is 4.79 Å². The molecule has 25 heavy (non-hydrogen) atoms. The van der Waals surface area contributed by atoms with Crippen LogP contribution in [0.2, 0.25) is 0 Å². The zero-order valence-corrected chi connectivity index (χ0v) is 14.9. The van der Waals surface area contributed by atoms with Crippen LogP contribution in [0.3, 0.4) is 0 Å². The first-order valence-electron chi connectivity index (χ1n) is 8.48. The Morgan fingerprint density at radius 2 is 1.80 bits per heavy atom. The van der Waals surface area contributed by atoms with Crippen LogP contribution in [0.5, 0.6) is 11.5 Å². The van der Waals surface area contributed by atoms with E-state index in [1.807, 2.05) is 13.8 Å². The molecule has 0 spiro atoms. The number of methoxy groups -OCH3 is 1. The van der Waals surface area contributed by atoms with E-state index in [0.29, 0.717) is 23.3 Å². The second-order valence-electron chi connectivity index (χ2n) is 6.16. The Morgan fingerprint density at radius 1 is 1.12 bits per heavy atom. The predicted octanol–water partition coefficient (Wildman–Crippen LogP) is 4.44. The summed E-state index contributed by atoms with van der Waals surface area (Å²) >= 11 is 0. The zero-order chi connectivity index (χ0) is 18.4. The minimum absolute atomic E-state index is 0.0256. The summed E-state index contributed by atoms with van der Waals surface area (Å²) < 4.78 is 5.11. The van der Waals surface area contributed by atoms with Crippen molar-refractivity contribution in [3.8, 4) is 11.5 Å². The Hall–Kier alpha value is -2.62. The Morgan fingerprint density at radius 3 is 2.40 bits per heavy atom. The number of ether oxygens (including phenoxy) is 1. The summed E-state index contributed by atoms with van der Waals surface area (Å²) in [7, 11) is 1.55. The van der Waals surface area contributed by atoms with Gasteiger partial charge in [-0.1, -0.05) is 31.0 Å². The molecule has 2 aromatic rings. The van der Waals surface area contributed by atoms with Gasteiger partial charge >= 0.3 is 0 Å². The Balaban J connectivity index is 2.44. The highest BCUT2D eigenvalue weighted by Gasteiger charge is 2.31. The molecule has 132 valence electrons. The van der Waals surface area contributed by atoms with Crippen molar-refractivity contribution in [3.05, 3.63) is 59.2 Å². The lowest BCUT2D eigenvalue weighted by Crippen LogP contribution is -2.22. The first-order valence-corrected chi connectivity index (χ1v) is 8.48. The largest absolute Gasteiger partial charge is 0.508 e. The third-order valence-corrected chi connectivity index (χ3v) is 4.23. The fourth-order valence-corrected chi connectivity index (χ4v) is 2.78. The number of aromatic hydroxyl groups is 1. The second kappa shape index (κ2) is 8.47. The summed E-state index contributed by atoms with van der Waals surface area (Å²) in [4.78, 5) is 25.8. The van der Waals surface area contributed by atoms with Crippen LogP contribution in [0.1, 0.15) is 53.6 Å². The van der Waals surface area contributed by atoms with Gasteiger partial charge in [0.1, 0.15) is 23.2 Å². The predicted molar refractivity (Wildman–Crippen MR) is 97.4 cm³/mol. The van der Waals surface area contributed by atoms with E-state index in [2.05, 4.69) is 0 Å². The summed E-state index contributed by atoms with van der Waals surface area (Å²) in [5.41, 5.74) is 1.70. The average Bonchev–Trinajstić information content (AvgIpc) is 2.63. The molecule has 2 rings (SSSR count). The molecule has 0 fully saturated rings. The van der Waals surface area contributed by atoms with Gasteiger partial charge in [-0.15, -0.1) is 0 Å². The first kappa shape index (κ1) is 18.7. The quantitative estimate of drug-likeness (QED) is 0.570. The van der Waals surface area contributed by atoms with Gasteiger partial charge in [-0.25, -0.2) is 0 Å². The number of hydrogen-bond acceptors (Lipinski definition) is 4. The maximum absolute atomic E-state index is 13.0. The number of unbranched alkanes of at least 4 members (excludes halogenated alkanes) is 1. The molecule has 0 aromatic heterocycles. The van der Waals surface area contributed by atoms with Crippen molar-refractivity contribution < 1.29 is 19.4 Å². The lowest BCUT2D eigenvalue weighted by Gasteiger charge is -2.17. The number of benzene rings is 2. The number of carbonyl (C=O) groups is 2. The van der Waals surface area contributed by atoms with E-state index in [9.17, 15) is 14.7 Å². The number of carbonyl (C=O) groups excluding carboxylic acids is 2. The topological polar surface area (TPSA) is 63.6 Å². The third kappa shape index (κ3) is 4.47. The van der Waals surface area contributed by atoms with Crippen molar-refractivity contribution in [3.63, 3.8) is 0 Å². The van der Waals surface area contributed by atoms with Crippen LogP contribution in [0.4, 0.5) is 0 Å². The van der Waals surface area contributed by atoms with Crippen molar-refractivity contribution in [2.24, 2.45) is 0 Å². The van der Waals surface area contributed by atoms with Gasteiger partial charge in [-0.05, 0) is 43.7 Å². The molecule has 0 radical (unpaired) electrons. The highest BCUT2D eigenvalue weighted by molar-refractivity contribution is 6.15. The lowest BCUT2D eigenvalue weighted by atomic mass is 9.84. The van der Waals surface area contributed by atoms with Crippen molar-refractivity contribution >= 4 is 11.6 Å². The molecule has 4 heteroatoms. The molecule has 0 aliphatic rings. The number of phenolic OH excluding ortho intramolecular Hbond substituents is 1. The van der Waals surface area contributed by atoms with Gasteiger partial charge < -0.3 is 9.84 Å². The van der Waals surface area contributed by atoms with Crippen LogP contribution in [-0.4, -0.2) is 23.8 Å². The van der Waals surface area contributed by atoms with Gasteiger partial charge in [0.05, 0.1) is 7.11 Å². The molecule has 0 saturated carbocycles. The molecule has 1 N–H and O–H groups in total. The Labute approximate surface area is 148 Å². The van der Waals surface area contributed by atoms with Crippen LogP contribution < -0.4 is 4.74 Å². The van der Waals surface area contributed by atoms with Gasteiger partial charge in [0.2, 0.25) is 0 Å². The lowest BCUT2D eigenvalue weighted by molar-refractivity contribution is -0.119. The van der Waals surface area contributed by atoms with Crippen molar-refractivity contribution in [2.75, 3.05) is 7.11 Å². The molecule has 1 unspecified atom stereocenters. The molecule has 0 aliphatic heterocycles. The summed E-state index contributed by atoms with van der Waals surface area (Å²) in [5.74, 6) is -0.834. The monoisotopic (exact) mass is 340 g/mol. The van der Waals surface area contributed by atoms with E-state index in [1.165, 1.54) is 6.07 Å². The second-order valence-corrected chi connectivity index (χ2v) is 6.16. The van der Waals surface area contributed by atoms with Gasteiger partial charge in [-0.3, -0.25) is 9.59 Å². The standard InChI is InChI=1S/C21H24O4/c1-4-5-6-19(23)20(17-13-14(2)7-12-18(17)22)21(24)15-8-10-16(25-3)11-9-15/h7-13,20,22H,4-6H2,1-3H3. The Kier molecular flexibility index (Phi) is 6.34. The minimum atomic E-state index is -0.986. The van der Waals surface area contributed by atoms with Gasteiger partial charge in [0, 0.05) is 17.5 Å². The SMILES string of the molecule is CCCCC(=O)C(C(=O)c1ccc(OC)cc1)c1cc(C)ccc1O. The molecular weight excluding hydrogens is 316 g/mol. The summed E-state index contributed by atoms with van der Waals surface area (Å²) in [5, 5.41) is 10.2. The smallest absolute Gasteiger partial charge is 0.177 e. The van der Waals surface area contributed by atoms with E-state index in [4.69, 9.17) is 4.74 Å². The highest BCUT2D eigenvalue weighted by atomic mass is 16.5. The summed E-state index contributed by atoms with van der Waals surface area (Å²) in [6, 6.07) is 11.7. The van der Waals surface area contributed by atoms with Crippen molar-refractivity contribution in [2.45, 2.75) is 39.0 Å². The normalized spacial score (nSPS) is 11.8. The van der Waals surface area contributed by atoms with Crippen LogP contribution >= 0.6 is 0 Å². The number of ketones is 2. The van der Waals surface area contributed by atoms with E-state index in [-0.39, 0.29) is 17.3 Å². The maximum atomic E-state index is 13.0. The van der Waals surface area contributed by atoms with Crippen LogP contribution in [0, 0.1) is 6.92 Å². The molecule has 0 heterocycles. The maximum Gasteiger partial charge on any atom is 0.177 e. The van der Waals surface area contributed by atoms with E-state index < -0.39 is 5.92 Å². The molecule has 2 aromatic carbocycles. The third-order valence-electron chi connectivity index (χ3n) is 4.23. The number of Topliss-reactive ketones (excluding diaryl/α,β-unsaturated/α-hetero) is 2. The number of hydrogen-bond donors (Lipinski definition) is 1. The number of aryl methyl sites for hydroxylation is 1. The summed E-state index contributed by atoms with van der Waals surface area (Å²) in [6.45, 7) is 3.87. The highest BCUT2D eigenvalue weighted by Crippen LogP contribution is 2.32. The van der Waals surface area contributed by atoms with Gasteiger partial charge in [0.25, 0.3) is 0 Å². The molecule has 4 nitrogen and oxygen atoms in total. The van der Waals surface area contributed by atoms with E-state index >= 15 is 0 Å². The molecule has 0 amide bonds. The number of phenols is 1. The van der Waals surface area contributed by atoms with Crippen LogP contribution in [0.15, 0.2) is 42.5 Å². The van der Waals surface area contributed by atoms with E-state index in [1.54, 1.807) is 43.5 Å². The fourth-order valence-electron chi connectivity index (χ4n) is 2.78. The minimum Gasteiger partial charge on any atom is -0.508 e. The molecule has 1 atom stereocenters. The summed E-state index contributed by atoms with van der Waals surface area (Å²) in [6.07, 6.45) is 1.91. The first-order chi connectivity index (χ1) is 12.0. The van der Waals surface area contributed by atoms with Crippen molar-refractivity contribution in [1.29, 1.82) is 0 Å². The van der Waals surface area contributed by atoms with Crippen molar-refractivity contribution in [1.82, 2.24) is 0 Å². The molecule has 0 aliphatic carbocycles. The van der Waals surface area contributed by atoms with Gasteiger partial charge in [-0.2, -0.15) is 0 Å². The average molecular weight is 340 g/mol. The van der Waals surface area contributed by atoms with Gasteiger partial charge in [0.15, 0.2) is 5.78 Å².